The van der Waals surface area contributed by atoms with Crippen LogP contribution in [0.15, 0.2) is 65.7 Å². The summed E-state index contributed by atoms with van der Waals surface area (Å²) in [4.78, 5) is 36.0. The lowest BCUT2D eigenvalue weighted by Gasteiger charge is -2.22. The first-order valence-corrected chi connectivity index (χ1v) is 9.38. The molecule has 6 heteroatoms. The van der Waals surface area contributed by atoms with E-state index in [0.29, 0.717) is 24.4 Å². The van der Waals surface area contributed by atoms with Crippen LogP contribution in [0.5, 0.6) is 0 Å². The van der Waals surface area contributed by atoms with Crippen molar-refractivity contribution in [3.8, 4) is 11.4 Å². The first kappa shape index (κ1) is 19.5. The Kier molecular flexibility index (Phi) is 6.32. The third-order valence-corrected chi connectivity index (χ3v) is 4.50. The van der Waals surface area contributed by atoms with Crippen molar-refractivity contribution in [3.63, 3.8) is 0 Å². The first-order valence-electron chi connectivity index (χ1n) is 9.38. The molecule has 0 saturated heterocycles. The number of nitrogens with one attached hydrogen (secondary N) is 2. The van der Waals surface area contributed by atoms with Crippen molar-refractivity contribution in [3.05, 3.63) is 82.5 Å². The van der Waals surface area contributed by atoms with E-state index in [1.54, 1.807) is 24.5 Å². The molecule has 2 N–H and O–H groups in total. The fraction of sp³-hybridized carbons (Fsp3) is 0.273. The largest absolute Gasteiger partial charge is 0.347 e. The second kappa shape index (κ2) is 9.08. The molecule has 6 nitrogen and oxygen atoms in total. The smallest absolute Gasteiger partial charge is 0.251 e. The van der Waals surface area contributed by atoms with Crippen LogP contribution in [0.3, 0.4) is 0 Å². The van der Waals surface area contributed by atoms with Crippen molar-refractivity contribution in [1.29, 1.82) is 0 Å². The predicted octanol–water partition coefficient (Wildman–Crippen LogP) is 3.28. The molecule has 0 bridgehead atoms. The number of carbonyl (C=O) groups is 1. The van der Waals surface area contributed by atoms with E-state index < -0.39 is 0 Å². The summed E-state index contributed by atoms with van der Waals surface area (Å²) in [5.41, 5.74) is 2.19. The Morgan fingerprint density at radius 3 is 2.50 bits per heavy atom. The van der Waals surface area contributed by atoms with Gasteiger partial charge in [0.1, 0.15) is 5.82 Å². The molecule has 28 heavy (non-hydrogen) atoms. The van der Waals surface area contributed by atoms with Crippen molar-refractivity contribution in [2.75, 3.05) is 0 Å². The highest BCUT2D eigenvalue weighted by Crippen LogP contribution is 2.21. The molecular formula is C22H24N4O2. The second-order valence-corrected chi connectivity index (χ2v) is 7.03. The van der Waals surface area contributed by atoms with Gasteiger partial charge in [-0.1, -0.05) is 44.2 Å². The van der Waals surface area contributed by atoms with Gasteiger partial charge in [-0.25, -0.2) is 4.98 Å². The zero-order valence-corrected chi connectivity index (χ0v) is 16.1. The maximum atomic E-state index is 12.5. The number of aryl methyl sites for hydroxylation is 1. The molecule has 3 aromatic rings. The highest BCUT2D eigenvalue weighted by atomic mass is 16.1. The molecule has 144 valence electrons. The van der Waals surface area contributed by atoms with E-state index in [1.807, 2.05) is 44.2 Å². The number of H-pyrrole nitrogens is 1. The lowest BCUT2D eigenvalue weighted by Crippen LogP contribution is -2.33. The number of aromatic nitrogens is 3. The molecule has 0 aliphatic heterocycles. The van der Waals surface area contributed by atoms with Crippen LogP contribution in [0.4, 0.5) is 0 Å². The van der Waals surface area contributed by atoms with Crippen LogP contribution in [0.25, 0.3) is 11.4 Å². The number of nitrogens with zero attached hydrogens (tertiary/aromatic N) is 2. The molecule has 2 aromatic heterocycles. The molecule has 2 heterocycles. The van der Waals surface area contributed by atoms with Gasteiger partial charge in [0.15, 0.2) is 0 Å². The minimum Gasteiger partial charge on any atom is -0.347 e. The summed E-state index contributed by atoms with van der Waals surface area (Å²) in [6.07, 6.45) is 4.34. The average molecular weight is 376 g/mol. The molecule has 1 aromatic carbocycles. The molecule has 1 amide bonds. The normalized spacial score (nSPS) is 12.0. The summed E-state index contributed by atoms with van der Waals surface area (Å²) in [7, 11) is 0. The standard InChI is InChI=1S/C22H24N4O2/c1-15(2)21(25-19(27)9-8-16-6-4-3-5-7-16)18-14-20(28)26-22(24-18)17-10-12-23-13-11-17/h3-7,10-15,21H,8-9H2,1-2H3,(H,25,27)(H,24,26,28)/t21-/m0/s1. The molecule has 0 radical (unpaired) electrons. The average Bonchev–Trinajstić information content (AvgIpc) is 2.71. The number of hydrogen-bond acceptors (Lipinski definition) is 4. The third-order valence-electron chi connectivity index (χ3n) is 4.50. The van der Waals surface area contributed by atoms with Gasteiger partial charge in [0, 0.05) is 30.4 Å². The number of pyridine rings is 1. The SMILES string of the molecule is CC(C)[C@H](NC(=O)CCc1ccccc1)c1cc(=O)[nH]c(-c2ccncc2)n1. The number of aromatic amines is 1. The number of benzene rings is 1. The molecule has 3 rings (SSSR count). The maximum Gasteiger partial charge on any atom is 0.251 e. The number of amides is 1. The van der Waals surface area contributed by atoms with Crippen LogP contribution >= 0.6 is 0 Å². The Morgan fingerprint density at radius 1 is 1.11 bits per heavy atom. The summed E-state index contributed by atoms with van der Waals surface area (Å²) >= 11 is 0. The summed E-state index contributed by atoms with van der Waals surface area (Å²) in [6, 6.07) is 14.6. The van der Waals surface area contributed by atoms with E-state index in [9.17, 15) is 9.59 Å². The Hall–Kier alpha value is -3.28. The Balaban J connectivity index is 1.77. The highest BCUT2D eigenvalue weighted by molar-refractivity contribution is 5.76. The lowest BCUT2D eigenvalue weighted by atomic mass is 9.99. The van der Waals surface area contributed by atoms with E-state index in [1.165, 1.54) is 6.07 Å². The zero-order valence-electron chi connectivity index (χ0n) is 16.1. The predicted molar refractivity (Wildman–Crippen MR) is 109 cm³/mol. The van der Waals surface area contributed by atoms with Crippen molar-refractivity contribution < 1.29 is 4.79 Å². The van der Waals surface area contributed by atoms with Gasteiger partial charge in [-0.05, 0) is 30.0 Å². The Morgan fingerprint density at radius 2 is 1.82 bits per heavy atom. The molecule has 0 aliphatic carbocycles. The molecular weight excluding hydrogens is 352 g/mol. The summed E-state index contributed by atoms with van der Waals surface area (Å²) in [5, 5.41) is 3.04. The first-order chi connectivity index (χ1) is 13.5. The number of carbonyl (C=O) groups excluding carboxylic acids is 1. The minimum atomic E-state index is -0.342. The van der Waals surface area contributed by atoms with Crippen molar-refractivity contribution in [2.24, 2.45) is 5.92 Å². The van der Waals surface area contributed by atoms with Gasteiger partial charge >= 0.3 is 0 Å². The van der Waals surface area contributed by atoms with E-state index >= 15 is 0 Å². The van der Waals surface area contributed by atoms with Crippen LogP contribution in [-0.4, -0.2) is 20.9 Å². The second-order valence-electron chi connectivity index (χ2n) is 7.03. The van der Waals surface area contributed by atoms with Gasteiger partial charge in [-0.3, -0.25) is 14.6 Å². The molecule has 0 fully saturated rings. The summed E-state index contributed by atoms with van der Waals surface area (Å²) in [6.45, 7) is 3.99. The fourth-order valence-electron chi connectivity index (χ4n) is 3.01. The number of rotatable bonds is 7. The maximum absolute atomic E-state index is 12.5. The Labute approximate surface area is 164 Å². The van der Waals surface area contributed by atoms with Crippen LogP contribution in [0, 0.1) is 5.92 Å². The van der Waals surface area contributed by atoms with Gasteiger partial charge in [0.2, 0.25) is 5.91 Å². The van der Waals surface area contributed by atoms with Gasteiger partial charge < -0.3 is 10.3 Å². The minimum absolute atomic E-state index is 0.0601. The topological polar surface area (TPSA) is 87.7 Å². The number of hydrogen-bond donors (Lipinski definition) is 2. The van der Waals surface area contributed by atoms with Crippen LogP contribution in [0.2, 0.25) is 0 Å². The fourth-order valence-corrected chi connectivity index (χ4v) is 3.01. The van der Waals surface area contributed by atoms with Crippen LogP contribution in [-0.2, 0) is 11.2 Å². The molecule has 0 saturated carbocycles. The van der Waals surface area contributed by atoms with Crippen molar-refractivity contribution in [2.45, 2.75) is 32.7 Å². The molecule has 0 aliphatic rings. The summed E-state index contributed by atoms with van der Waals surface area (Å²) < 4.78 is 0. The van der Waals surface area contributed by atoms with Gasteiger partial charge in [0.05, 0.1) is 11.7 Å². The van der Waals surface area contributed by atoms with Crippen molar-refractivity contribution in [1.82, 2.24) is 20.3 Å². The van der Waals surface area contributed by atoms with E-state index in [4.69, 9.17) is 0 Å². The quantitative estimate of drug-likeness (QED) is 0.662. The molecule has 1 atom stereocenters. The molecule has 0 spiro atoms. The van der Waals surface area contributed by atoms with Gasteiger partial charge in [-0.2, -0.15) is 0 Å². The van der Waals surface area contributed by atoms with E-state index in [2.05, 4.69) is 20.3 Å². The Bertz CT molecular complexity index is 969. The monoisotopic (exact) mass is 376 g/mol. The van der Waals surface area contributed by atoms with Crippen LogP contribution in [0.1, 0.15) is 37.6 Å². The lowest BCUT2D eigenvalue weighted by molar-refractivity contribution is -0.122. The zero-order chi connectivity index (χ0) is 19.9. The third kappa shape index (κ3) is 5.13. The van der Waals surface area contributed by atoms with E-state index in [-0.39, 0.29) is 23.4 Å². The van der Waals surface area contributed by atoms with Crippen molar-refractivity contribution >= 4 is 5.91 Å². The molecule has 0 unspecified atom stereocenters. The van der Waals surface area contributed by atoms with E-state index in [0.717, 1.165) is 11.1 Å². The highest BCUT2D eigenvalue weighted by Gasteiger charge is 2.21. The van der Waals surface area contributed by atoms with Gasteiger partial charge in [0.25, 0.3) is 5.56 Å². The summed E-state index contributed by atoms with van der Waals surface area (Å²) in [5.74, 6) is 0.490. The van der Waals surface area contributed by atoms with Crippen LogP contribution < -0.4 is 10.9 Å². The van der Waals surface area contributed by atoms with Gasteiger partial charge in [-0.15, -0.1) is 0 Å².